The van der Waals surface area contributed by atoms with Crippen molar-refractivity contribution in [2.45, 2.75) is 52.9 Å². The van der Waals surface area contributed by atoms with Crippen LogP contribution in [0, 0.1) is 18.3 Å². The molecule has 1 unspecified atom stereocenters. The maximum Gasteiger partial charge on any atom is 0.229 e. The highest BCUT2D eigenvalue weighted by Gasteiger charge is 2.31. The molecule has 0 saturated carbocycles. The third-order valence-corrected chi connectivity index (χ3v) is 6.83. The highest BCUT2D eigenvalue weighted by molar-refractivity contribution is 5.93. The molecular weight excluding hydrogens is 414 g/mol. The van der Waals surface area contributed by atoms with Crippen molar-refractivity contribution in [3.8, 4) is 0 Å². The average Bonchev–Trinajstić information content (AvgIpc) is 3.29. The number of carbonyl (C=O) groups excluding carboxylic acids is 2. The summed E-state index contributed by atoms with van der Waals surface area (Å²) in [5, 5.41) is 11.3. The van der Waals surface area contributed by atoms with Gasteiger partial charge in [0, 0.05) is 37.3 Å². The van der Waals surface area contributed by atoms with Gasteiger partial charge in [0.2, 0.25) is 11.8 Å². The summed E-state index contributed by atoms with van der Waals surface area (Å²) < 4.78 is 0. The predicted octanol–water partition coefficient (Wildman–Crippen LogP) is 4.00. The van der Waals surface area contributed by atoms with E-state index in [1.807, 2.05) is 50.8 Å². The summed E-state index contributed by atoms with van der Waals surface area (Å²) in [7, 11) is 0. The van der Waals surface area contributed by atoms with Crippen molar-refractivity contribution in [3.63, 3.8) is 0 Å². The van der Waals surface area contributed by atoms with Gasteiger partial charge >= 0.3 is 0 Å². The molecule has 0 bridgehead atoms. The summed E-state index contributed by atoms with van der Waals surface area (Å²) in [5.74, 6) is 1.56. The van der Waals surface area contributed by atoms with Gasteiger partial charge in [-0.15, -0.1) is 5.10 Å². The first kappa shape index (κ1) is 23.2. The van der Waals surface area contributed by atoms with Crippen LogP contribution in [0.2, 0.25) is 0 Å². The number of benzene rings is 1. The van der Waals surface area contributed by atoms with Crippen molar-refractivity contribution >= 4 is 23.3 Å². The average molecular weight is 450 g/mol. The van der Waals surface area contributed by atoms with Crippen LogP contribution in [0.15, 0.2) is 36.5 Å². The fourth-order valence-corrected chi connectivity index (χ4v) is 4.84. The zero-order chi connectivity index (χ0) is 23.6. The van der Waals surface area contributed by atoms with Gasteiger partial charge in [-0.1, -0.05) is 32.9 Å². The number of nitrogens with one attached hydrogen (secondary N) is 1. The quantitative estimate of drug-likeness (QED) is 0.763. The fourth-order valence-electron chi connectivity index (χ4n) is 4.84. The molecular formula is C26H35N5O2. The van der Waals surface area contributed by atoms with Crippen LogP contribution in [0.1, 0.15) is 57.1 Å². The highest BCUT2D eigenvalue weighted by atomic mass is 16.2. The lowest BCUT2D eigenvalue weighted by Gasteiger charge is -2.36. The molecule has 2 aliphatic rings. The molecule has 1 aromatic heterocycles. The molecule has 0 spiro atoms. The summed E-state index contributed by atoms with van der Waals surface area (Å²) >= 11 is 0. The monoisotopic (exact) mass is 449 g/mol. The van der Waals surface area contributed by atoms with E-state index in [0.717, 1.165) is 56.0 Å². The number of anilines is 2. The van der Waals surface area contributed by atoms with Gasteiger partial charge in [0.05, 0.1) is 12.1 Å². The molecule has 0 aliphatic carbocycles. The second-order valence-corrected chi connectivity index (χ2v) is 10.4. The number of hydrogen-bond donors (Lipinski definition) is 1. The van der Waals surface area contributed by atoms with E-state index < -0.39 is 0 Å². The Kier molecular flexibility index (Phi) is 6.68. The van der Waals surface area contributed by atoms with E-state index in [1.54, 1.807) is 6.20 Å². The molecule has 2 saturated heterocycles. The second-order valence-electron chi connectivity index (χ2n) is 10.4. The van der Waals surface area contributed by atoms with Crippen molar-refractivity contribution in [1.82, 2.24) is 15.1 Å². The van der Waals surface area contributed by atoms with Crippen molar-refractivity contribution < 1.29 is 9.59 Å². The van der Waals surface area contributed by atoms with E-state index in [4.69, 9.17) is 0 Å². The topological polar surface area (TPSA) is 78.4 Å². The number of carbonyl (C=O) groups is 2. The molecule has 2 fully saturated rings. The third-order valence-electron chi connectivity index (χ3n) is 6.83. The number of hydrogen-bond acceptors (Lipinski definition) is 5. The Hall–Kier alpha value is -2.96. The van der Waals surface area contributed by atoms with Crippen molar-refractivity contribution in [1.29, 1.82) is 0 Å². The Balaban J connectivity index is 1.29. The SMILES string of the molecule is Cc1ccnnc1N1CCC(C(=O)Nc2ccc(C3CCN(C(=O)C(C)(C)C)CC3)cc2)C1. The number of piperidine rings is 1. The summed E-state index contributed by atoms with van der Waals surface area (Å²) in [6.07, 6.45) is 4.46. The van der Waals surface area contributed by atoms with Crippen LogP contribution in [-0.4, -0.2) is 53.1 Å². The van der Waals surface area contributed by atoms with Gasteiger partial charge in [0.25, 0.3) is 0 Å². The number of likely N-dealkylation sites (tertiary alicyclic amines) is 1. The Morgan fingerprint density at radius 1 is 1.00 bits per heavy atom. The first-order valence-corrected chi connectivity index (χ1v) is 12.0. The Labute approximate surface area is 196 Å². The fraction of sp³-hybridized carbons (Fsp3) is 0.538. The van der Waals surface area contributed by atoms with E-state index in [9.17, 15) is 9.59 Å². The van der Waals surface area contributed by atoms with E-state index in [0.29, 0.717) is 12.5 Å². The number of nitrogens with zero attached hydrogens (tertiary/aromatic N) is 4. The first-order chi connectivity index (χ1) is 15.7. The number of aromatic nitrogens is 2. The summed E-state index contributed by atoms with van der Waals surface area (Å²) in [4.78, 5) is 29.5. The molecule has 2 aromatic rings. The largest absolute Gasteiger partial charge is 0.354 e. The molecule has 176 valence electrons. The van der Waals surface area contributed by atoms with E-state index >= 15 is 0 Å². The molecule has 1 N–H and O–H groups in total. The molecule has 0 radical (unpaired) electrons. The van der Waals surface area contributed by atoms with Gasteiger partial charge < -0.3 is 15.1 Å². The Morgan fingerprint density at radius 3 is 2.33 bits per heavy atom. The van der Waals surface area contributed by atoms with Crippen molar-refractivity contribution in [3.05, 3.63) is 47.7 Å². The molecule has 1 aromatic carbocycles. The molecule has 33 heavy (non-hydrogen) atoms. The zero-order valence-corrected chi connectivity index (χ0v) is 20.2. The third kappa shape index (κ3) is 5.34. The zero-order valence-electron chi connectivity index (χ0n) is 20.2. The maximum absolute atomic E-state index is 12.8. The molecule has 1 atom stereocenters. The van der Waals surface area contributed by atoms with Crippen LogP contribution >= 0.6 is 0 Å². The van der Waals surface area contributed by atoms with Gasteiger partial charge in [0.1, 0.15) is 0 Å². The second kappa shape index (κ2) is 9.49. The Bertz CT molecular complexity index is 990. The molecule has 2 aliphatic heterocycles. The van der Waals surface area contributed by atoms with Crippen LogP contribution in [0.5, 0.6) is 0 Å². The molecule has 3 heterocycles. The molecule has 7 nitrogen and oxygen atoms in total. The molecule has 2 amide bonds. The minimum Gasteiger partial charge on any atom is -0.354 e. The van der Waals surface area contributed by atoms with Gasteiger partial charge in [-0.25, -0.2) is 0 Å². The highest BCUT2D eigenvalue weighted by Crippen LogP contribution is 2.31. The minimum atomic E-state index is -0.323. The summed E-state index contributed by atoms with van der Waals surface area (Å²) in [5.41, 5.74) is 2.87. The van der Waals surface area contributed by atoms with Crippen LogP contribution in [0.25, 0.3) is 0 Å². The van der Waals surface area contributed by atoms with Crippen molar-refractivity contribution in [2.24, 2.45) is 11.3 Å². The summed E-state index contributed by atoms with van der Waals surface area (Å²) in [6.45, 7) is 11.1. The molecule has 7 heteroatoms. The van der Waals surface area contributed by atoms with E-state index in [-0.39, 0.29) is 23.1 Å². The van der Waals surface area contributed by atoms with Gasteiger partial charge in [0.15, 0.2) is 5.82 Å². The van der Waals surface area contributed by atoms with Crippen LogP contribution < -0.4 is 10.2 Å². The standard InChI is InChI=1S/C26H35N5O2/c1-18-9-13-27-29-23(18)31-16-12-21(17-31)24(32)28-22-7-5-19(6-8-22)20-10-14-30(15-11-20)25(33)26(2,3)4/h5-9,13,20-21H,10-12,14-17H2,1-4H3,(H,28,32). The lowest BCUT2D eigenvalue weighted by Crippen LogP contribution is -2.43. The summed E-state index contributed by atoms with van der Waals surface area (Å²) in [6, 6.07) is 10.2. The Morgan fingerprint density at radius 2 is 1.70 bits per heavy atom. The van der Waals surface area contributed by atoms with E-state index in [1.165, 1.54) is 5.56 Å². The normalized spacial score (nSPS) is 19.6. The lowest BCUT2D eigenvalue weighted by molar-refractivity contribution is -0.140. The number of amides is 2. The number of rotatable bonds is 4. The lowest BCUT2D eigenvalue weighted by atomic mass is 9.87. The smallest absolute Gasteiger partial charge is 0.229 e. The van der Waals surface area contributed by atoms with Gasteiger partial charge in [-0.3, -0.25) is 9.59 Å². The first-order valence-electron chi connectivity index (χ1n) is 12.0. The van der Waals surface area contributed by atoms with Crippen molar-refractivity contribution in [2.75, 3.05) is 36.4 Å². The molecule has 4 rings (SSSR count). The predicted molar refractivity (Wildman–Crippen MR) is 130 cm³/mol. The maximum atomic E-state index is 12.8. The van der Waals surface area contributed by atoms with Crippen LogP contribution in [0.3, 0.4) is 0 Å². The van der Waals surface area contributed by atoms with Crippen LogP contribution in [0.4, 0.5) is 11.5 Å². The van der Waals surface area contributed by atoms with Gasteiger partial charge in [-0.05, 0) is 61.4 Å². The van der Waals surface area contributed by atoms with Crippen LogP contribution in [-0.2, 0) is 9.59 Å². The van der Waals surface area contributed by atoms with Gasteiger partial charge in [-0.2, -0.15) is 5.10 Å². The number of aryl methyl sites for hydroxylation is 1. The minimum absolute atomic E-state index is 0.0563. The van der Waals surface area contributed by atoms with E-state index in [2.05, 4.69) is 32.5 Å².